The van der Waals surface area contributed by atoms with E-state index in [9.17, 15) is 0 Å². The Bertz CT molecular complexity index is 697. The molecule has 1 aliphatic heterocycles. The number of likely N-dealkylation sites (tertiary alicyclic amines) is 1. The summed E-state index contributed by atoms with van der Waals surface area (Å²) in [5.41, 5.74) is 1.96. The minimum atomic E-state index is 0.640. The number of ether oxygens (including phenoxy) is 1. The lowest BCUT2D eigenvalue weighted by atomic mass is 9.75. The van der Waals surface area contributed by atoms with Gasteiger partial charge in [0.25, 0.3) is 0 Å². The highest BCUT2D eigenvalue weighted by atomic mass is 16.5. The summed E-state index contributed by atoms with van der Waals surface area (Å²) in [5.74, 6) is 3.36. The maximum absolute atomic E-state index is 5.77. The molecule has 134 valence electrons. The van der Waals surface area contributed by atoms with Crippen molar-refractivity contribution in [3.8, 4) is 17.2 Å². The normalized spacial score (nSPS) is 24.0. The van der Waals surface area contributed by atoms with Crippen LogP contribution in [-0.4, -0.2) is 29.6 Å². The number of piperidine rings is 1. The summed E-state index contributed by atoms with van der Waals surface area (Å²) in [5, 5.41) is 0. The van der Waals surface area contributed by atoms with Gasteiger partial charge in [-0.2, -0.15) is 0 Å². The fourth-order valence-corrected chi connectivity index (χ4v) is 4.48. The molecule has 2 atom stereocenters. The number of para-hydroxylation sites is 1. The Morgan fingerprint density at radius 1 is 1.16 bits per heavy atom. The Morgan fingerprint density at radius 3 is 2.88 bits per heavy atom. The number of rotatable bonds is 5. The zero-order valence-corrected chi connectivity index (χ0v) is 15.1. The molecule has 2 heterocycles. The van der Waals surface area contributed by atoms with Crippen LogP contribution in [0.25, 0.3) is 11.5 Å². The van der Waals surface area contributed by atoms with Crippen LogP contribution in [0.1, 0.15) is 44.7 Å². The molecule has 1 aliphatic carbocycles. The van der Waals surface area contributed by atoms with E-state index >= 15 is 0 Å². The van der Waals surface area contributed by atoms with Crippen LogP contribution in [0, 0.1) is 11.8 Å². The molecule has 4 heteroatoms. The fourth-order valence-electron chi connectivity index (χ4n) is 4.48. The van der Waals surface area contributed by atoms with Gasteiger partial charge in [0.1, 0.15) is 12.0 Å². The second-order valence-electron chi connectivity index (χ2n) is 7.40. The second-order valence-corrected chi connectivity index (χ2v) is 7.40. The molecule has 0 N–H and O–H groups in total. The van der Waals surface area contributed by atoms with Crippen LogP contribution in [0.5, 0.6) is 5.75 Å². The van der Waals surface area contributed by atoms with Gasteiger partial charge in [0.2, 0.25) is 5.89 Å². The molecule has 1 aromatic carbocycles. The highest BCUT2D eigenvalue weighted by molar-refractivity contribution is 5.62. The number of hydrogen-bond acceptors (Lipinski definition) is 4. The Labute approximate surface area is 150 Å². The van der Waals surface area contributed by atoms with Crippen molar-refractivity contribution in [1.29, 1.82) is 0 Å². The molecule has 1 saturated heterocycles. The topological polar surface area (TPSA) is 38.5 Å². The number of fused-ring (bicyclic) bond motifs is 1. The Kier molecular flexibility index (Phi) is 5.07. The van der Waals surface area contributed by atoms with E-state index in [-0.39, 0.29) is 0 Å². The third kappa shape index (κ3) is 3.74. The van der Waals surface area contributed by atoms with E-state index in [1.165, 1.54) is 45.2 Å². The molecule has 2 aromatic rings. The molecule has 4 nitrogen and oxygen atoms in total. The van der Waals surface area contributed by atoms with E-state index in [1.807, 2.05) is 37.5 Å². The quantitative estimate of drug-likeness (QED) is 0.787. The summed E-state index contributed by atoms with van der Waals surface area (Å²) in [6.07, 6.45) is 8.87. The molecule has 0 radical (unpaired) electrons. The molecule has 0 spiro atoms. The van der Waals surface area contributed by atoms with Gasteiger partial charge < -0.3 is 9.15 Å². The van der Waals surface area contributed by atoms with Crippen LogP contribution in [0.3, 0.4) is 0 Å². The Balaban J connectivity index is 1.43. The first-order chi connectivity index (χ1) is 12.3. The van der Waals surface area contributed by atoms with Gasteiger partial charge >= 0.3 is 0 Å². The maximum Gasteiger partial charge on any atom is 0.229 e. The average molecular weight is 340 g/mol. The molecule has 0 amide bonds. The van der Waals surface area contributed by atoms with Gasteiger partial charge in [-0.05, 0) is 50.3 Å². The van der Waals surface area contributed by atoms with Gasteiger partial charge in [-0.15, -0.1) is 0 Å². The summed E-state index contributed by atoms with van der Waals surface area (Å²) in [6, 6.07) is 7.95. The zero-order chi connectivity index (χ0) is 17.1. The monoisotopic (exact) mass is 340 g/mol. The van der Waals surface area contributed by atoms with Crippen LogP contribution in [0.15, 0.2) is 34.9 Å². The van der Waals surface area contributed by atoms with Crippen LogP contribution >= 0.6 is 0 Å². The van der Waals surface area contributed by atoms with Crippen molar-refractivity contribution in [2.75, 3.05) is 19.7 Å². The van der Waals surface area contributed by atoms with Crippen LogP contribution < -0.4 is 4.74 Å². The number of hydrogen-bond donors (Lipinski definition) is 0. The van der Waals surface area contributed by atoms with E-state index in [2.05, 4.69) is 4.90 Å². The van der Waals surface area contributed by atoms with Crippen molar-refractivity contribution >= 4 is 0 Å². The lowest BCUT2D eigenvalue weighted by molar-refractivity contribution is 0.0812. The summed E-state index contributed by atoms with van der Waals surface area (Å²) >= 11 is 0. The predicted octanol–water partition coefficient (Wildman–Crippen LogP) is 4.75. The summed E-state index contributed by atoms with van der Waals surface area (Å²) in [7, 11) is 0. The lowest BCUT2D eigenvalue weighted by Gasteiger charge is -2.41. The van der Waals surface area contributed by atoms with Crippen molar-refractivity contribution < 1.29 is 9.15 Å². The molecule has 2 aliphatic rings. The SMILES string of the molecule is CCOc1ccccc1-c1nc(CN2CC[C@H]3CCCC[C@@H]3C2)co1. The highest BCUT2D eigenvalue weighted by Gasteiger charge is 2.31. The summed E-state index contributed by atoms with van der Waals surface area (Å²) in [6.45, 7) is 5.94. The van der Waals surface area contributed by atoms with Crippen LogP contribution in [0.4, 0.5) is 0 Å². The van der Waals surface area contributed by atoms with Crippen LogP contribution in [-0.2, 0) is 6.54 Å². The van der Waals surface area contributed by atoms with Gasteiger partial charge in [0, 0.05) is 13.1 Å². The molecule has 4 rings (SSSR count). The molecule has 0 unspecified atom stereocenters. The predicted molar refractivity (Wildman–Crippen MR) is 98.5 cm³/mol. The zero-order valence-electron chi connectivity index (χ0n) is 15.1. The van der Waals surface area contributed by atoms with Crippen LogP contribution in [0.2, 0.25) is 0 Å². The standard InChI is InChI=1S/C21H28N2O2/c1-2-24-20-10-6-5-9-19(20)21-22-18(15-25-21)14-23-12-11-16-7-3-4-8-17(16)13-23/h5-6,9-10,15-17H,2-4,7-8,11-14H2,1H3/t16-,17-/m1/s1. The number of benzene rings is 1. The van der Waals surface area contributed by atoms with Crippen molar-refractivity contribution in [2.45, 2.75) is 45.6 Å². The van der Waals surface area contributed by atoms with Crippen molar-refractivity contribution in [3.05, 3.63) is 36.2 Å². The first kappa shape index (κ1) is 16.6. The number of nitrogens with zero attached hydrogens (tertiary/aromatic N) is 2. The van der Waals surface area contributed by atoms with Crippen molar-refractivity contribution in [2.24, 2.45) is 11.8 Å². The first-order valence-corrected chi connectivity index (χ1v) is 9.72. The van der Waals surface area contributed by atoms with Gasteiger partial charge in [-0.3, -0.25) is 4.90 Å². The Morgan fingerprint density at radius 2 is 2.00 bits per heavy atom. The van der Waals surface area contributed by atoms with E-state index < -0.39 is 0 Å². The number of aromatic nitrogens is 1. The van der Waals surface area contributed by atoms with Gasteiger partial charge in [0.15, 0.2) is 0 Å². The number of oxazole rings is 1. The Hall–Kier alpha value is -1.81. The van der Waals surface area contributed by atoms with Gasteiger partial charge in [-0.1, -0.05) is 31.4 Å². The molecule has 2 fully saturated rings. The molecule has 1 aromatic heterocycles. The minimum Gasteiger partial charge on any atom is -0.493 e. The third-order valence-corrected chi connectivity index (χ3v) is 5.73. The minimum absolute atomic E-state index is 0.640. The van der Waals surface area contributed by atoms with E-state index in [0.29, 0.717) is 12.5 Å². The van der Waals surface area contributed by atoms with Crippen molar-refractivity contribution in [3.63, 3.8) is 0 Å². The van der Waals surface area contributed by atoms with E-state index in [1.54, 1.807) is 0 Å². The smallest absolute Gasteiger partial charge is 0.229 e. The third-order valence-electron chi connectivity index (χ3n) is 5.73. The van der Waals surface area contributed by atoms with Gasteiger partial charge in [0.05, 0.1) is 17.9 Å². The molecule has 25 heavy (non-hydrogen) atoms. The summed E-state index contributed by atoms with van der Waals surface area (Å²) in [4.78, 5) is 7.29. The molecular weight excluding hydrogens is 312 g/mol. The summed E-state index contributed by atoms with van der Waals surface area (Å²) < 4.78 is 11.5. The molecule has 1 saturated carbocycles. The fraction of sp³-hybridized carbons (Fsp3) is 0.571. The second kappa shape index (κ2) is 7.61. The highest BCUT2D eigenvalue weighted by Crippen LogP contribution is 2.36. The maximum atomic E-state index is 5.77. The van der Waals surface area contributed by atoms with Gasteiger partial charge in [-0.25, -0.2) is 4.98 Å². The molecular formula is C21H28N2O2. The first-order valence-electron chi connectivity index (χ1n) is 9.72. The van der Waals surface area contributed by atoms with E-state index in [4.69, 9.17) is 14.1 Å². The average Bonchev–Trinajstić information content (AvgIpc) is 3.11. The lowest BCUT2D eigenvalue weighted by Crippen LogP contribution is -2.41. The van der Waals surface area contributed by atoms with Crippen molar-refractivity contribution in [1.82, 2.24) is 9.88 Å². The van der Waals surface area contributed by atoms with E-state index in [0.717, 1.165) is 35.4 Å². The largest absolute Gasteiger partial charge is 0.493 e. The molecule has 0 bridgehead atoms.